The zero-order chi connectivity index (χ0) is 13.8. The first-order chi connectivity index (χ1) is 9.17. The molecule has 98 valence electrons. The van der Waals surface area contributed by atoms with Crippen molar-refractivity contribution < 1.29 is 14.7 Å². The van der Waals surface area contributed by atoms with Crippen molar-refractivity contribution >= 4 is 23.6 Å². The number of β-amino-alcohol motifs (C(OH)–C–C–N with tert-alkyl or cyclic N) is 1. The highest BCUT2D eigenvalue weighted by Gasteiger charge is 2.30. The number of hydrogen-bond donors (Lipinski definition) is 2. The molecule has 0 atom stereocenters. The summed E-state index contributed by atoms with van der Waals surface area (Å²) in [5.74, 6) is -0.851. The highest BCUT2D eigenvalue weighted by atomic mass is 16.3. The van der Waals surface area contributed by atoms with Crippen LogP contribution in [0.4, 0.5) is 5.69 Å². The predicted molar refractivity (Wildman–Crippen MR) is 72.0 cm³/mol. The molecule has 0 aromatic heterocycles. The van der Waals surface area contributed by atoms with Crippen molar-refractivity contribution in [3.05, 3.63) is 48.2 Å². The van der Waals surface area contributed by atoms with Gasteiger partial charge >= 0.3 is 0 Å². The lowest BCUT2D eigenvalue weighted by atomic mass is 10.1. The first kappa shape index (κ1) is 13.0. The molecule has 0 fully saturated rings. The molecule has 2 rings (SSSR count). The van der Waals surface area contributed by atoms with Gasteiger partial charge in [-0.1, -0.05) is 30.9 Å². The summed E-state index contributed by atoms with van der Waals surface area (Å²) in [6.07, 6.45) is 2.90. The molecule has 0 aliphatic carbocycles. The van der Waals surface area contributed by atoms with Gasteiger partial charge in [0.1, 0.15) is 5.70 Å². The molecule has 2 N–H and O–H groups in total. The molecule has 5 nitrogen and oxygen atoms in total. The molecule has 1 aliphatic rings. The molecule has 5 heteroatoms. The molecular formula is C14H14N2O3. The number of aliphatic hydroxyl groups excluding tert-OH is 1. The van der Waals surface area contributed by atoms with Gasteiger partial charge in [0.2, 0.25) is 0 Å². The second-order valence-corrected chi connectivity index (χ2v) is 3.99. The van der Waals surface area contributed by atoms with Crippen molar-refractivity contribution in [1.29, 1.82) is 0 Å². The van der Waals surface area contributed by atoms with Crippen LogP contribution in [0.2, 0.25) is 0 Å². The molecular weight excluding hydrogens is 244 g/mol. The highest BCUT2D eigenvalue weighted by molar-refractivity contribution is 6.17. The molecule has 0 radical (unpaired) electrons. The summed E-state index contributed by atoms with van der Waals surface area (Å²) in [4.78, 5) is 24.5. The lowest BCUT2D eigenvalue weighted by molar-refractivity contribution is -0.137. The number of anilines is 1. The van der Waals surface area contributed by atoms with E-state index in [9.17, 15) is 9.59 Å². The number of benzene rings is 1. The van der Waals surface area contributed by atoms with Gasteiger partial charge in [0.15, 0.2) is 0 Å². The van der Waals surface area contributed by atoms with E-state index in [4.69, 9.17) is 5.11 Å². The summed E-state index contributed by atoms with van der Waals surface area (Å²) < 4.78 is 0. The van der Waals surface area contributed by atoms with Gasteiger partial charge in [-0.05, 0) is 11.6 Å². The number of carbonyl (C=O) groups excluding carboxylic acids is 2. The van der Waals surface area contributed by atoms with Gasteiger partial charge in [-0.2, -0.15) is 0 Å². The fourth-order valence-electron chi connectivity index (χ4n) is 1.84. The van der Waals surface area contributed by atoms with Crippen molar-refractivity contribution in [3.8, 4) is 0 Å². The largest absolute Gasteiger partial charge is 0.395 e. The molecule has 1 aromatic carbocycles. The van der Waals surface area contributed by atoms with Crippen LogP contribution in [0.25, 0.3) is 6.08 Å². The number of imide groups is 1. The van der Waals surface area contributed by atoms with Crippen LogP contribution in [0.15, 0.2) is 42.6 Å². The Morgan fingerprint density at radius 3 is 2.74 bits per heavy atom. The van der Waals surface area contributed by atoms with Crippen LogP contribution >= 0.6 is 0 Å². The van der Waals surface area contributed by atoms with E-state index in [1.54, 1.807) is 12.1 Å². The maximum Gasteiger partial charge on any atom is 0.277 e. The van der Waals surface area contributed by atoms with Crippen molar-refractivity contribution in [2.75, 3.05) is 18.5 Å². The van der Waals surface area contributed by atoms with E-state index in [-0.39, 0.29) is 18.8 Å². The topological polar surface area (TPSA) is 69.6 Å². The fourth-order valence-corrected chi connectivity index (χ4v) is 1.84. The maximum atomic E-state index is 11.9. The number of hydrogen-bond acceptors (Lipinski definition) is 4. The van der Waals surface area contributed by atoms with E-state index in [1.165, 1.54) is 6.08 Å². The Morgan fingerprint density at radius 2 is 2.05 bits per heavy atom. The van der Waals surface area contributed by atoms with Crippen LogP contribution in [0.3, 0.4) is 0 Å². The number of carbonyl (C=O) groups is 2. The molecule has 0 saturated heterocycles. The van der Waals surface area contributed by atoms with E-state index in [0.29, 0.717) is 5.69 Å². The van der Waals surface area contributed by atoms with Crippen LogP contribution < -0.4 is 5.32 Å². The molecule has 0 bridgehead atoms. The number of rotatable bonds is 5. The van der Waals surface area contributed by atoms with Crippen molar-refractivity contribution in [3.63, 3.8) is 0 Å². The SMILES string of the molecule is C=Cc1ccccc1NC1=CC(=O)N(CCO)C1=O. The van der Waals surface area contributed by atoms with Crippen molar-refractivity contribution in [2.45, 2.75) is 0 Å². The Morgan fingerprint density at radius 1 is 1.32 bits per heavy atom. The van der Waals surface area contributed by atoms with E-state index in [1.807, 2.05) is 18.2 Å². The summed E-state index contributed by atoms with van der Waals surface area (Å²) in [6.45, 7) is 3.44. The normalized spacial score (nSPS) is 14.6. The summed E-state index contributed by atoms with van der Waals surface area (Å²) in [5, 5.41) is 11.7. The standard InChI is InChI=1S/C14H14N2O3/c1-2-10-5-3-4-6-11(10)15-12-9-13(18)16(7-8-17)14(12)19/h2-6,9,15,17H,1,7-8H2. The smallest absolute Gasteiger partial charge is 0.277 e. The zero-order valence-corrected chi connectivity index (χ0v) is 10.3. The number of nitrogens with one attached hydrogen (secondary N) is 1. The van der Waals surface area contributed by atoms with Crippen molar-refractivity contribution in [1.82, 2.24) is 4.90 Å². The van der Waals surface area contributed by atoms with Crippen LogP contribution in [0.1, 0.15) is 5.56 Å². The van der Waals surface area contributed by atoms with Crippen LogP contribution in [-0.4, -0.2) is 35.0 Å². The molecule has 2 amide bonds. The third kappa shape index (κ3) is 2.56. The summed E-state index contributed by atoms with van der Waals surface area (Å²) >= 11 is 0. The van der Waals surface area contributed by atoms with Gasteiger partial charge in [0, 0.05) is 11.8 Å². The van der Waals surface area contributed by atoms with Gasteiger partial charge in [-0.3, -0.25) is 14.5 Å². The molecule has 19 heavy (non-hydrogen) atoms. The van der Waals surface area contributed by atoms with Gasteiger partial charge in [0.05, 0.1) is 13.2 Å². The zero-order valence-electron chi connectivity index (χ0n) is 10.3. The maximum absolute atomic E-state index is 11.9. The molecule has 1 heterocycles. The molecule has 1 aromatic rings. The highest BCUT2D eigenvalue weighted by Crippen LogP contribution is 2.21. The van der Waals surface area contributed by atoms with Gasteiger partial charge in [-0.25, -0.2) is 0 Å². The van der Waals surface area contributed by atoms with Crippen LogP contribution in [-0.2, 0) is 9.59 Å². The first-order valence-electron chi connectivity index (χ1n) is 5.84. The predicted octanol–water partition coefficient (Wildman–Crippen LogP) is 0.986. The minimum Gasteiger partial charge on any atom is -0.395 e. The minimum absolute atomic E-state index is 0.00243. The van der Waals surface area contributed by atoms with E-state index >= 15 is 0 Å². The number of nitrogens with zero attached hydrogens (tertiary/aromatic N) is 1. The monoisotopic (exact) mass is 258 g/mol. The average molecular weight is 258 g/mol. The lowest BCUT2D eigenvalue weighted by Crippen LogP contribution is -2.34. The Hall–Kier alpha value is -2.40. The van der Waals surface area contributed by atoms with E-state index in [2.05, 4.69) is 11.9 Å². The lowest BCUT2D eigenvalue weighted by Gasteiger charge is -2.14. The number of amides is 2. The Balaban J connectivity index is 2.21. The van der Waals surface area contributed by atoms with E-state index < -0.39 is 11.8 Å². The molecule has 0 unspecified atom stereocenters. The molecule has 0 spiro atoms. The van der Waals surface area contributed by atoms with Gasteiger partial charge in [0.25, 0.3) is 11.8 Å². The number of para-hydroxylation sites is 1. The first-order valence-corrected chi connectivity index (χ1v) is 5.84. The van der Waals surface area contributed by atoms with Gasteiger partial charge in [-0.15, -0.1) is 0 Å². The quantitative estimate of drug-likeness (QED) is 0.773. The Kier molecular flexibility index (Phi) is 3.77. The Bertz CT molecular complexity index is 564. The molecule has 0 saturated carbocycles. The summed E-state index contributed by atoms with van der Waals surface area (Å²) in [6, 6.07) is 7.33. The second-order valence-electron chi connectivity index (χ2n) is 3.99. The number of aliphatic hydroxyl groups is 1. The summed E-state index contributed by atoms with van der Waals surface area (Å²) in [5.41, 5.74) is 1.74. The third-order valence-corrected chi connectivity index (χ3v) is 2.78. The van der Waals surface area contributed by atoms with Crippen molar-refractivity contribution in [2.24, 2.45) is 0 Å². The van der Waals surface area contributed by atoms with E-state index in [0.717, 1.165) is 10.5 Å². The van der Waals surface area contributed by atoms with Crippen LogP contribution in [0, 0.1) is 0 Å². The third-order valence-electron chi connectivity index (χ3n) is 2.78. The Labute approximate surface area is 110 Å². The fraction of sp³-hybridized carbons (Fsp3) is 0.143. The minimum atomic E-state index is -0.432. The van der Waals surface area contributed by atoms with Crippen LogP contribution in [0.5, 0.6) is 0 Å². The average Bonchev–Trinajstić information content (AvgIpc) is 2.67. The van der Waals surface area contributed by atoms with Gasteiger partial charge < -0.3 is 10.4 Å². The molecule has 1 aliphatic heterocycles. The second kappa shape index (κ2) is 5.49. The summed E-state index contributed by atoms with van der Waals surface area (Å²) in [7, 11) is 0.